The highest BCUT2D eigenvalue weighted by molar-refractivity contribution is 5.53. The lowest BCUT2D eigenvalue weighted by Crippen LogP contribution is -2.23. The first-order valence-corrected chi connectivity index (χ1v) is 4.92. The Bertz CT molecular complexity index is 356. The molecule has 84 valence electrons. The fourth-order valence-corrected chi connectivity index (χ4v) is 1.49. The number of aromatic hydroxyl groups is 1. The maximum atomic E-state index is 9.83. The molecule has 0 heterocycles. The van der Waals surface area contributed by atoms with Crippen molar-refractivity contribution in [2.24, 2.45) is 0 Å². The minimum absolute atomic E-state index is 0.00581. The Labute approximate surface area is 90.3 Å². The summed E-state index contributed by atoms with van der Waals surface area (Å²) in [6.45, 7) is 5.62. The Hall–Kier alpha value is -1.22. The van der Waals surface area contributed by atoms with Crippen LogP contribution in [-0.4, -0.2) is 23.9 Å². The van der Waals surface area contributed by atoms with E-state index in [0.29, 0.717) is 5.75 Å². The third-order valence-electron chi connectivity index (χ3n) is 2.66. The lowest BCUT2D eigenvalue weighted by molar-refractivity contribution is 0.214. The molecule has 2 N–H and O–H groups in total. The van der Waals surface area contributed by atoms with E-state index in [1.165, 1.54) is 7.11 Å². The molecular formula is C12H18O3. The van der Waals surface area contributed by atoms with Crippen LogP contribution in [0.15, 0.2) is 12.1 Å². The van der Waals surface area contributed by atoms with Gasteiger partial charge in [-0.2, -0.15) is 0 Å². The molecule has 0 amide bonds. The molecule has 0 radical (unpaired) electrons. The normalized spacial score (nSPS) is 11.5. The first kappa shape index (κ1) is 11.9. The highest BCUT2D eigenvalue weighted by Gasteiger charge is 2.25. The van der Waals surface area contributed by atoms with E-state index in [1.54, 1.807) is 0 Å². The summed E-state index contributed by atoms with van der Waals surface area (Å²) < 4.78 is 5.18. The number of rotatable bonds is 3. The summed E-state index contributed by atoms with van der Waals surface area (Å²) in [5.74, 6) is 0.602. The van der Waals surface area contributed by atoms with Gasteiger partial charge in [0.05, 0.1) is 13.7 Å². The number of benzene rings is 1. The van der Waals surface area contributed by atoms with Gasteiger partial charge in [0.2, 0.25) is 0 Å². The molecule has 0 aliphatic rings. The van der Waals surface area contributed by atoms with Gasteiger partial charge in [-0.05, 0) is 12.5 Å². The standard InChI is InChI=1S/C12H18O3/c1-8-5-6-9(12(2,3)7-13)11(15-4)10(8)14/h5-6,13-14H,7H2,1-4H3. The fourth-order valence-electron chi connectivity index (χ4n) is 1.49. The molecule has 0 unspecified atom stereocenters. The van der Waals surface area contributed by atoms with Gasteiger partial charge in [0.1, 0.15) is 0 Å². The summed E-state index contributed by atoms with van der Waals surface area (Å²) in [5.41, 5.74) is 1.16. The number of aliphatic hydroxyl groups is 1. The molecule has 3 heteroatoms. The van der Waals surface area contributed by atoms with Crippen molar-refractivity contribution < 1.29 is 14.9 Å². The van der Waals surface area contributed by atoms with Crippen LogP contribution in [0.2, 0.25) is 0 Å². The number of phenolic OH excluding ortho intramolecular Hbond substituents is 1. The molecule has 0 aliphatic carbocycles. The van der Waals surface area contributed by atoms with Gasteiger partial charge in [0.15, 0.2) is 11.5 Å². The molecule has 0 bridgehead atoms. The summed E-state index contributed by atoms with van der Waals surface area (Å²) in [6.07, 6.45) is 0. The molecule has 0 saturated heterocycles. The van der Waals surface area contributed by atoms with Crippen LogP contribution in [0.3, 0.4) is 0 Å². The van der Waals surface area contributed by atoms with E-state index in [4.69, 9.17) is 4.74 Å². The summed E-state index contributed by atoms with van der Waals surface area (Å²) in [7, 11) is 1.52. The minimum Gasteiger partial charge on any atom is -0.504 e. The van der Waals surface area contributed by atoms with E-state index in [1.807, 2.05) is 32.9 Å². The Morgan fingerprint density at radius 2 is 1.93 bits per heavy atom. The van der Waals surface area contributed by atoms with Crippen molar-refractivity contribution in [1.82, 2.24) is 0 Å². The molecule has 0 fully saturated rings. The Morgan fingerprint density at radius 1 is 1.33 bits per heavy atom. The van der Waals surface area contributed by atoms with E-state index < -0.39 is 5.41 Å². The van der Waals surface area contributed by atoms with Crippen molar-refractivity contribution in [2.45, 2.75) is 26.2 Å². The zero-order chi connectivity index (χ0) is 11.6. The number of hydrogen-bond acceptors (Lipinski definition) is 3. The molecular weight excluding hydrogens is 192 g/mol. The number of hydrogen-bond donors (Lipinski definition) is 2. The average molecular weight is 210 g/mol. The Balaban J connectivity index is 3.37. The van der Waals surface area contributed by atoms with Crippen molar-refractivity contribution in [1.29, 1.82) is 0 Å². The Morgan fingerprint density at radius 3 is 2.40 bits per heavy atom. The smallest absolute Gasteiger partial charge is 0.164 e. The zero-order valence-electron chi connectivity index (χ0n) is 9.66. The van der Waals surface area contributed by atoms with Crippen molar-refractivity contribution in [3.8, 4) is 11.5 Å². The van der Waals surface area contributed by atoms with Crippen LogP contribution < -0.4 is 4.74 Å². The first-order chi connectivity index (χ1) is 6.94. The van der Waals surface area contributed by atoms with E-state index in [0.717, 1.165) is 11.1 Å². The van der Waals surface area contributed by atoms with Gasteiger partial charge in [-0.25, -0.2) is 0 Å². The lowest BCUT2D eigenvalue weighted by Gasteiger charge is -2.25. The second kappa shape index (κ2) is 4.11. The second-order valence-electron chi connectivity index (χ2n) is 4.35. The molecule has 0 atom stereocenters. The highest BCUT2D eigenvalue weighted by Crippen LogP contribution is 2.39. The SMILES string of the molecule is COc1c(C(C)(C)CO)ccc(C)c1O. The van der Waals surface area contributed by atoms with E-state index >= 15 is 0 Å². The van der Waals surface area contributed by atoms with Crippen LogP contribution in [0.4, 0.5) is 0 Å². The second-order valence-corrected chi connectivity index (χ2v) is 4.35. The number of ether oxygens (including phenoxy) is 1. The minimum atomic E-state index is -0.420. The molecule has 0 aliphatic heterocycles. The largest absolute Gasteiger partial charge is 0.504 e. The summed E-state index contributed by atoms with van der Waals surface area (Å²) in [6, 6.07) is 3.70. The van der Waals surface area contributed by atoms with E-state index in [9.17, 15) is 10.2 Å². The average Bonchev–Trinajstić information content (AvgIpc) is 2.21. The van der Waals surface area contributed by atoms with E-state index in [-0.39, 0.29) is 12.4 Å². The van der Waals surface area contributed by atoms with Crippen LogP contribution in [-0.2, 0) is 5.41 Å². The van der Waals surface area contributed by atoms with Crippen LogP contribution in [0.25, 0.3) is 0 Å². The van der Waals surface area contributed by atoms with Gasteiger partial charge in [-0.3, -0.25) is 0 Å². The van der Waals surface area contributed by atoms with Crippen molar-refractivity contribution in [3.63, 3.8) is 0 Å². The van der Waals surface area contributed by atoms with Gasteiger partial charge in [0.25, 0.3) is 0 Å². The van der Waals surface area contributed by atoms with Gasteiger partial charge in [-0.1, -0.05) is 26.0 Å². The quantitative estimate of drug-likeness (QED) is 0.802. The number of methoxy groups -OCH3 is 1. The topological polar surface area (TPSA) is 49.7 Å². The lowest BCUT2D eigenvalue weighted by atomic mass is 9.84. The third-order valence-corrected chi connectivity index (χ3v) is 2.66. The molecule has 0 spiro atoms. The predicted octanol–water partition coefficient (Wildman–Crippen LogP) is 1.98. The molecule has 0 aromatic heterocycles. The zero-order valence-corrected chi connectivity index (χ0v) is 9.66. The maximum absolute atomic E-state index is 9.83. The first-order valence-electron chi connectivity index (χ1n) is 4.92. The molecule has 1 aromatic rings. The predicted molar refractivity (Wildman–Crippen MR) is 59.5 cm³/mol. The van der Waals surface area contributed by atoms with Crippen LogP contribution in [0, 0.1) is 6.92 Å². The van der Waals surface area contributed by atoms with Crippen molar-refractivity contribution >= 4 is 0 Å². The van der Waals surface area contributed by atoms with Gasteiger partial charge in [-0.15, -0.1) is 0 Å². The number of aryl methyl sites for hydroxylation is 1. The fraction of sp³-hybridized carbons (Fsp3) is 0.500. The highest BCUT2D eigenvalue weighted by atomic mass is 16.5. The molecule has 1 aromatic carbocycles. The third kappa shape index (κ3) is 2.07. The molecule has 3 nitrogen and oxygen atoms in total. The van der Waals surface area contributed by atoms with Gasteiger partial charge >= 0.3 is 0 Å². The van der Waals surface area contributed by atoms with Crippen molar-refractivity contribution in [3.05, 3.63) is 23.3 Å². The maximum Gasteiger partial charge on any atom is 0.164 e. The van der Waals surface area contributed by atoms with Crippen molar-refractivity contribution in [2.75, 3.05) is 13.7 Å². The van der Waals surface area contributed by atoms with Crippen LogP contribution in [0.1, 0.15) is 25.0 Å². The summed E-state index contributed by atoms with van der Waals surface area (Å²) in [4.78, 5) is 0. The summed E-state index contributed by atoms with van der Waals surface area (Å²) >= 11 is 0. The molecule has 0 saturated carbocycles. The van der Waals surface area contributed by atoms with Crippen LogP contribution in [0.5, 0.6) is 11.5 Å². The monoisotopic (exact) mass is 210 g/mol. The molecule has 1 rings (SSSR count). The molecule has 15 heavy (non-hydrogen) atoms. The van der Waals surface area contributed by atoms with Gasteiger partial charge in [0, 0.05) is 11.0 Å². The summed E-state index contributed by atoms with van der Waals surface area (Å²) in [5, 5.41) is 19.1. The van der Waals surface area contributed by atoms with E-state index in [2.05, 4.69) is 0 Å². The number of aliphatic hydroxyl groups excluding tert-OH is 1. The van der Waals surface area contributed by atoms with Crippen LogP contribution >= 0.6 is 0 Å². The van der Waals surface area contributed by atoms with Gasteiger partial charge < -0.3 is 14.9 Å². The Kier molecular flexibility index (Phi) is 3.25. The number of phenols is 1.